The smallest absolute Gasteiger partial charge is 0.146 e. The number of nitrogens with zero attached hydrogens (tertiary/aromatic N) is 2. The summed E-state index contributed by atoms with van der Waals surface area (Å²) in [6.45, 7) is 5.87. The van der Waals surface area contributed by atoms with E-state index in [-0.39, 0.29) is 5.82 Å². The van der Waals surface area contributed by atoms with E-state index in [0.29, 0.717) is 5.92 Å². The summed E-state index contributed by atoms with van der Waals surface area (Å²) in [5, 5.41) is 3.33. The van der Waals surface area contributed by atoms with Gasteiger partial charge in [-0.3, -0.25) is 0 Å². The van der Waals surface area contributed by atoms with Crippen molar-refractivity contribution in [3.05, 3.63) is 29.6 Å². The Morgan fingerprint density at radius 1 is 1.21 bits per heavy atom. The molecule has 19 heavy (non-hydrogen) atoms. The van der Waals surface area contributed by atoms with Crippen LogP contribution >= 0.6 is 0 Å². The first-order valence-electron chi connectivity index (χ1n) is 7.18. The Balaban J connectivity index is 1.75. The number of piperazine rings is 1. The molecular formula is C15H22FN3. The van der Waals surface area contributed by atoms with Gasteiger partial charge in [-0.15, -0.1) is 0 Å². The lowest BCUT2D eigenvalue weighted by Gasteiger charge is -2.34. The summed E-state index contributed by atoms with van der Waals surface area (Å²) in [7, 11) is 2.11. The Kier molecular flexibility index (Phi) is 3.71. The molecule has 1 aromatic rings. The maximum atomic E-state index is 14.3. The summed E-state index contributed by atoms with van der Waals surface area (Å²) in [6, 6.07) is 5.81. The lowest BCUT2D eigenvalue weighted by molar-refractivity contribution is 0.311. The van der Waals surface area contributed by atoms with Crippen LogP contribution in [0.25, 0.3) is 0 Å². The van der Waals surface area contributed by atoms with E-state index in [1.165, 1.54) is 0 Å². The van der Waals surface area contributed by atoms with Crippen LogP contribution in [0.2, 0.25) is 0 Å². The molecule has 0 aliphatic carbocycles. The molecule has 1 unspecified atom stereocenters. The fourth-order valence-electron chi connectivity index (χ4n) is 3.02. The molecule has 1 N–H and O–H groups in total. The lowest BCUT2D eigenvalue weighted by Crippen LogP contribution is -2.44. The van der Waals surface area contributed by atoms with Crippen molar-refractivity contribution in [2.24, 2.45) is 0 Å². The molecule has 2 heterocycles. The van der Waals surface area contributed by atoms with E-state index < -0.39 is 0 Å². The first-order valence-corrected chi connectivity index (χ1v) is 7.18. The van der Waals surface area contributed by atoms with Crippen LogP contribution < -0.4 is 10.2 Å². The van der Waals surface area contributed by atoms with Gasteiger partial charge in [0.25, 0.3) is 0 Å². The van der Waals surface area contributed by atoms with Crippen molar-refractivity contribution >= 4 is 5.69 Å². The zero-order valence-corrected chi connectivity index (χ0v) is 11.5. The van der Waals surface area contributed by atoms with Crippen molar-refractivity contribution in [1.29, 1.82) is 0 Å². The van der Waals surface area contributed by atoms with E-state index in [9.17, 15) is 4.39 Å². The van der Waals surface area contributed by atoms with E-state index in [1.54, 1.807) is 6.07 Å². The molecule has 0 amide bonds. The molecule has 1 atom stereocenters. The molecule has 2 aliphatic rings. The molecule has 0 bridgehead atoms. The van der Waals surface area contributed by atoms with Gasteiger partial charge in [-0.1, -0.05) is 6.07 Å². The molecule has 2 aliphatic heterocycles. The topological polar surface area (TPSA) is 18.5 Å². The third-order valence-corrected chi connectivity index (χ3v) is 4.35. The SMILES string of the molecule is CN1CCN(c2ccc(C3CCNC3)cc2F)CC1. The minimum atomic E-state index is -0.0612. The molecule has 3 nitrogen and oxygen atoms in total. The fourth-order valence-corrected chi connectivity index (χ4v) is 3.02. The summed E-state index contributed by atoms with van der Waals surface area (Å²) in [5.74, 6) is 0.421. The van der Waals surface area contributed by atoms with Gasteiger partial charge in [-0.2, -0.15) is 0 Å². The van der Waals surface area contributed by atoms with Crippen molar-refractivity contribution < 1.29 is 4.39 Å². The molecule has 0 saturated carbocycles. The Morgan fingerprint density at radius 2 is 2.00 bits per heavy atom. The van der Waals surface area contributed by atoms with E-state index in [2.05, 4.69) is 28.2 Å². The zero-order chi connectivity index (χ0) is 13.2. The number of halogens is 1. The molecule has 1 aromatic carbocycles. The lowest BCUT2D eigenvalue weighted by atomic mass is 9.98. The second kappa shape index (κ2) is 5.47. The van der Waals surface area contributed by atoms with Crippen LogP contribution in [0, 0.1) is 5.82 Å². The number of hydrogen-bond acceptors (Lipinski definition) is 3. The minimum Gasteiger partial charge on any atom is -0.367 e. The van der Waals surface area contributed by atoms with Crippen LogP contribution in [0.5, 0.6) is 0 Å². The zero-order valence-electron chi connectivity index (χ0n) is 11.5. The minimum absolute atomic E-state index is 0.0612. The van der Waals surface area contributed by atoms with Crippen LogP contribution in [-0.2, 0) is 0 Å². The predicted octanol–water partition coefficient (Wildman–Crippen LogP) is 1.65. The number of likely N-dealkylation sites (N-methyl/N-ethyl adjacent to an activating group) is 1. The highest BCUT2D eigenvalue weighted by Crippen LogP contribution is 2.28. The fraction of sp³-hybridized carbons (Fsp3) is 0.600. The normalized spacial score (nSPS) is 24.9. The molecule has 2 saturated heterocycles. The van der Waals surface area contributed by atoms with Crippen LogP contribution in [0.3, 0.4) is 0 Å². The van der Waals surface area contributed by atoms with E-state index in [4.69, 9.17) is 0 Å². The molecule has 0 aromatic heterocycles. The van der Waals surface area contributed by atoms with Crippen LogP contribution in [0.4, 0.5) is 10.1 Å². The van der Waals surface area contributed by atoms with Gasteiger partial charge in [0.2, 0.25) is 0 Å². The summed E-state index contributed by atoms with van der Waals surface area (Å²) in [5.41, 5.74) is 1.91. The number of benzene rings is 1. The highest BCUT2D eigenvalue weighted by molar-refractivity contribution is 5.50. The first kappa shape index (κ1) is 12.9. The predicted molar refractivity (Wildman–Crippen MR) is 76.3 cm³/mol. The third kappa shape index (κ3) is 2.74. The van der Waals surface area contributed by atoms with Crippen molar-refractivity contribution in [3.63, 3.8) is 0 Å². The standard InChI is InChI=1S/C15H22FN3/c1-18-6-8-19(9-7-18)15-3-2-12(10-14(15)16)13-4-5-17-11-13/h2-3,10,13,17H,4-9,11H2,1H3. The molecule has 0 radical (unpaired) electrons. The first-order chi connectivity index (χ1) is 9.24. The van der Waals surface area contributed by atoms with E-state index in [0.717, 1.165) is 56.9 Å². The maximum absolute atomic E-state index is 14.3. The molecule has 2 fully saturated rings. The van der Waals surface area contributed by atoms with E-state index in [1.807, 2.05) is 6.07 Å². The van der Waals surface area contributed by atoms with Crippen LogP contribution in [-0.4, -0.2) is 51.2 Å². The molecule has 0 spiro atoms. The average molecular weight is 263 g/mol. The number of nitrogens with one attached hydrogen (secondary N) is 1. The highest BCUT2D eigenvalue weighted by atomic mass is 19.1. The highest BCUT2D eigenvalue weighted by Gasteiger charge is 2.21. The van der Waals surface area contributed by atoms with Crippen LogP contribution in [0.1, 0.15) is 17.9 Å². The number of anilines is 1. The Bertz CT molecular complexity index is 435. The molecule has 104 valence electrons. The van der Waals surface area contributed by atoms with Gasteiger partial charge in [-0.05, 0) is 43.6 Å². The Labute approximate surface area is 114 Å². The molecule has 3 rings (SSSR count). The average Bonchev–Trinajstić information content (AvgIpc) is 2.94. The Morgan fingerprint density at radius 3 is 2.63 bits per heavy atom. The summed E-state index contributed by atoms with van der Waals surface area (Å²) < 4.78 is 14.3. The number of rotatable bonds is 2. The summed E-state index contributed by atoms with van der Waals surface area (Å²) >= 11 is 0. The summed E-state index contributed by atoms with van der Waals surface area (Å²) in [6.07, 6.45) is 1.12. The second-order valence-corrected chi connectivity index (χ2v) is 5.69. The van der Waals surface area contributed by atoms with Gasteiger partial charge in [0.05, 0.1) is 5.69 Å². The largest absolute Gasteiger partial charge is 0.367 e. The molecule has 4 heteroatoms. The monoisotopic (exact) mass is 263 g/mol. The maximum Gasteiger partial charge on any atom is 0.146 e. The Hall–Kier alpha value is -1.13. The molecular weight excluding hydrogens is 241 g/mol. The van der Waals surface area contributed by atoms with Gasteiger partial charge in [0.15, 0.2) is 0 Å². The van der Waals surface area contributed by atoms with Crippen molar-refractivity contribution in [2.75, 3.05) is 51.2 Å². The van der Waals surface area contributed by atoms with Crippen LogP contribution in [0.15, 0.2) is 18.2 Å². The number of hydrogen-bond donors (Lipinski definition) is 1. The second-order valence-electron chi connectivity index (χ2n) is 5.69. The van der Waals surface area contributed by atoms with Crippen molar-refractivity contribution in [3.8, 4) is 0 Å². The van der Waals surface area contributed by atoms with E-state index >= 15 is 0 Å². The van der Waals surface area contributed by atoms with Gasteiger partial charge >= 0.3 is 0 Å². The third-order valence-electron chi connectivity index (χ3n) is 4.35. The van der Waals surface area contributed by atoms with Gasteiger partial charge < -0.3 is 15.1 Å². The quantitative estimate of drug-likeness (QED) is 0.875. The summed E-state index contributed by atoms with van der Waals surface area (Å²) in [4.78, 5) is 4.44. The van der Waals surface area contributed by atoms with Crippen molar-refractivity contribution in [1.82, 2.24) is 10.2 Å². The van der Waals surface area contributed by atoms with Gasteiger partial charge in [-0.25, -0.2) is 4.39 Å². The van der Waals surface area contributed by atoms with Gasteiger partial charge in [0.1, 0.15) is 5.82 Å². The van der Waals surface area contributed by atoms with Gasteiger partial charge in [0, 0.05) is 32.7 Å². The van der Waals surface area contributed by atoms with Crippen molar-refractivity contribution in [2.45, 2.75) is 12.3 Å².